The van der Waals surface area contributed by atoms with Gasteiger partial charge in [0.1, 0.15) is 16.7 Å². The lowest BCUT2D eigenvalue weighted by Gasteiger charge is -2.06. The van der Waals surface area contributed by atoms with Gasteiger partial charge in [0.05, 0.1) is 6.33 Å². The molecule has 7 nitrogen and oxygen atoms in total. The van der Waals surface area contributed by atoms with Crippen molar-refractivity contribution in [1.29, 1.82) is 5.26 Å². The van der Waals surface area contributed by atoms with E-state index in [0.717, 1.165) is 19.4 Å². The monoisotopic (exact) mass is 305 g/mol. The molecule has 0 bridgehead atoms. The van der Waals surface area contributed by atoms with Crippen LogP contribution < -0.4 is 4.72 Å². The van der Waals surface area contributed by atoms with Gasteiger partial charge in [-0.15, -0.1) is 0 Å². The van der Waals surface area contributed by atoms with E-state index in [2.05, 4.69) is 14.7 Å². The molecule has 2 aromatic rings. The Labute approximate surface area is 123 Å². The molecule has 0 aliphatic rings. The Morgan fingerprint density at radius 3 is 2.81 bits per heavy atom. The molecular weight excluding hydrogens is 290 g/mol. The van der Waals surface area contributed by atoms with Gasteiger partial charge in [0, 0.05) is 31.7 Å². The summed E-state index contributed by atoms with van der Waals surface area (Å²) in [7, 11) is -3.56. The normalized spacial score (nSPS) is 11.2. The van der Waals surface area contributed by atoms with E-state index >= 15 is 0 Å². The summed E-state index contributed by atoms with van der Waals surface area (Å²) in [5.41, 5.74) is 0.189. The Bertz CT molecular complexity index is 702. The molecular formula is C13H15N5O2S. The quantitative estimate of drug-likeness (QED) is 0.766. The van der Waals surface area contributed by atoms with Crippen molar-refractivity contribution >= 4 is 10.0 Å². The van der Waals surface area contributed by atoms with E-state index in [1.807, 2.05) is 16.8 Å². The number of aryl methyl sites for hydroxylation is 1. The van der Waals surface area contributed by atoms with Crippen molar-refractivity contribution in [1.82, 2.24) is 19.3 Å². The van der Waals surface area contributed by atoms with Crippen LogP contribution in [-0.2, 0) is 16.6 Å². The van der Waals surface area contributed by atoms with E-state index in [4.69, 9.17) is 5.26 Å². The van der Waals surface area contributed by atoms with Crippen LogP contribution in [0, 0.1) is 11.3 Å². The number of sulfonamides is 1. The van der Waals surface area contributed by atoms with E-state index < -0.39 is 10.0 Å². The molecule has 0 atom stereocenters. The topological polar surface area (TPSA) is 101 Å². The van der Waals surface area contributed by atoms with Crippen LogP contribution in [0.3, 0.4) is 0 Å². The summed E-state index contributed by atoms with van der Waals surface area (Å²) in [5, 5.41) is 8.63. The minimum absolute atomic E-state index is 0.0658. The number of imidazole rings is 1. The summed E-state index contributed by atoms with van der Waals surface area (Å²) in [6, 6.07) is 4.60. The van der Waals surface area contributed by atoms with Crippen molar-refractivity contribution in [2.24, 2.45) is 0 Å². The molecule has 0 aliphatic heterocycles. The fourth-order valence-corrected chi connectivity index (χ4v) is 2.75. The van der Waals surface area contributed by atoms with E-state index in [9.17, 15) is 8.42 Å². The number of aromatic nitrogens is 3. The predicted molar refractivity (Wildman–Crippen MR) is 75.6 cm³/mol. The van der Waals surface area contributed by atoms with Gasteiger partial charge in [0.2, 0.25) is 10.0 Å². The zero-order valence-corrected chi connectivity index (χ0v) is 12.1. The van der Waals surface area contributed by atoms with Crippen LogP contribution in [0.1, 0.15) is 18.5 Å². The third kappa shape index (κ3) is 4.37. The summed E-state index contributed by atoms with van der Waals surface area (Å²) in [6.45, 7) is 1.16. The molecule has 0 aliphatic carbocycles. The number of rotatable bonds is 7. The van der Waals surface area contributed by atoms with Crippen molar-refractivity contribution in [2.75, 3.05) is 6.54 Å². The molecule has 21 heavy (non-hydrogen) atoms. The first-order chi connectivity index (χ1) is 10.1. The Morgan fingerprint density at radius 2 is 2.19 bits per heavy atom. The van der Waals surface area contributed by atoms with Crippen molar-refractivity contribution in [3.8, 4) is 6.07 Å². The highest BCUT2D eigenvalue weighted by Crippen LogP contribution is 2.07. The van der Waals surface area contributed by atoms with Crippen LogP contribution in [0.25, 0.3) is 0 Å². The summed E-state index contributed by atoms with van der Waals surface area (Å²) in [4.78, 5) is 7.75. The minimum atomic E-state index is -3.56. The SMILES string of the molecule is N#Cc1ccc(S(=O)(=O)NCCCCn2ccnc2)cn1. The first-order valence-electron chi connectivity index (χ1n) is 6.43. The lowest BCUT2D eigenvalue weighted by atomic mass is 10.3. The molecule has 8 heteroatoms. The first-order valence-corrected chi connectivity index (χ1v) is 7.92. The number of nitriles is 1. The number of unbranched alkanes of at least 4 members (excludes halogenated alkanes) is 1. The maximum absolute atomic E-state index is 12.0. The van der Waals surface area contributed by atoms with Gasteiger partial charge < -0.3 is 4.57 Å². The Kier molecular flexibility index (Phi) is 5.03. The number of pyridine rings is 1. The summed E-state index contributed by atoms with van der Waals surface area (Å²) < 4.78 is 28.4. The molecule has 0 spiro atoms. The second-order valence-electron chi connectivity index (χ2n) is 4.40. The van der Waals surface area contributed by atoms with Gasteiger partial charge in [0.25, 0.3) is 0 Å². The second kappa shape index (κ2) is 6.97. The lowest BCUT2D eigenvalue weighted by molar-refractivity contribution is 0.566. The van der Waals surface area contributed by atoms with Crippen molar-refractivity contribution in [2.45, 2.75) is 24.3 Å². The van der Waals surface area contributed by atoms with Crippen LogP contribution in [0.15, 0.2) is 41.9 Å². The number of nitrogens with one attached hydrogen (secondary N) is 1. The standard InChI is InChI=1S/C13H15N5O2S/c14-9-12-3-4-13(10-16-12)21(19,20)17-5-1-2-7-18-8-6-15-11-18/h3-4,6,8,10-11,17H,1-2,5,7H2. The molecule has 0 fully saturated rings. The van der Waals surface area contributed by atoms with Crippen molar-refractivity contribution in [3.05, 3.63) is 42.7 Å². The molecule has 0 saturated heterocycles. The van der Waals surface area contributed by atoms with Gasteiger partial charge in [-0.05, 0) is 25.0 Å². The highest BCUT2D eigenvalue weighted by atomic mass is 32.2. The Morgan fingerprint density at radius 1 is 1.33 bits per heavy atom. The number of nitrogens with zero attached hydrogens (tertiary/aromatic N) is 4. The predicted octanol–water partition coefficient (Wildman–Crippen LogP) is 0.908. The maximum Gasteiger partial charge on any atom is 0.242 e. The smallest absolute Gasteiger partial charge is 0.242 e. The van der Waals surface area contributed by atoms with E-state index in [1.54, 1.807) is 12.5 Å². The molecule has 0 unspecified atom stereocenters. The molecule has 0 aromatic carbocycles. The van der Waals surface area contributed by atoms with Gasteiger partial charge in [-0.1, -0.05) is 0 Å². The van der Waals surface area contributed by atoms with Crippen molar-refractivity contribution < 1.29 is 8.42 Å². The third-order valence-corrected chi connectivity index (χ3v) is 4.30. The summed E-state index contributed by atoms with van der Waals surface area (Å²) in [6.07, 6.45) is 8.07. The van der Waals surface area contributed by atoms with Gasteiger partial charge in [-0.25, -0.2) is 23.1 Å². The van der Waals surface area contributed by atoms with Gasteiger partial charge in [-0.3, -0.25) is 0 Å². The number of hydrogen-bond donors (Lipinski definition) is 1. The average Bonchev–Trinajstić information content (AvgIpc) is 3.00. The largest absolute Gasteiger partial charge is 0.337 e. The number of hydrogen-bond acceptors (Lipinski definition) is 5. The fraction of sp³-hybridized carbons (Fsp3) is 0.308. The molecule has 1 N–H and O–H groups in total. The van der Waals surface area contributed by atoms with Gasteiger partial charge in [0.15, 0.2) is 0 Å². The highest BCUT2D eigenvalue weighted by Gasteiger charge is 2.13. The molecule has 110 valence electrons. The average molecular weight is 305 g/mol. The van der Waals surface area contributed by atoms with E-state index in [1.165, 1.54) is 18.3 Å². The molecule has 0 radical (unpaired) electrons. The molecule has 0 saturated carbocycles. The van der Waals surface area contributed by atoms with E-state index in [0.29, 0.717) is 6.54 Å². The van der Waals surface area contributed by atoms with Crippen LogP contribution in [0.5, 0.6) is 0 Å². The van der Waals surface area contributed by atoms with Crippen LogP contribution in [0.4, 0.5) is 0 Å². The van der Waals surface area contributed by atoms with Gasteiger partial charge >= 0.3 is 0 Å². The van der Waals surface area contributed by atoms with Crippen molar-refractivity contribution in [3.63, 3.8) is 0 Å². The first kappa shape index (κ1) is 15.2. The lowest BCUT2D eigenvalue weighted by Crippen LogP contribution is -2.25. The molecule has 2 heterocycles. The third-order valence-electron chi connectivity index (χ3n) is 2.86. The van der Waals surface area contributed by atoms with Crippen LogP contribution in [-0.4, -0.2) is 29.5 Å². The molecule has 2 aromatic heterocycles. The fourth-order valence-electron chi connectivity index (χ4n) is 1.73. The second-order valence-corrected chi connectivity index (χ2v) is 6.16. The van der Waals surface area contributed by atoms with Crippen LogP contribution >= 0.6 is 0 Å². The van der Waals surface area contributed by atoms with Gasteiger partial charge in [-0.2, -0.15) is 5.26 Å². The Hall–Kier alpha value is -2.24. The maximum atomic E-state index is 12.0. The van der Waals surface area contributed by atoms with E-state index in [-0.39, 0.29) is 10.6 Å². The summed E-state index contributed by atoms with van der Waals surface area (Å²) >= 11 is 0. The Balaban J connectivity index is 1.79. The zero-order chi connectivity index (χ0) is 15.1. The molecule has 2 rings (SSSR count). The highest BCUT2D eigenvalue weighted by molar-refractivity contribution is 7.89. The summed E-state index contributed by atoms with van der Waals surface area (Å²) in [5.74, 6) is 0. The van der Waals surface area contributed by atoms with Crippen LogP contribution in [0.2, 0.25) is 0 Å². The minimum Gasteiger partial charge on any atom is -0.337 e. The zero-order valence-electron chi connectivity index (χ0n) is 11.3. The molecule has 0 amide bonds.